The number of rotatable bonds is 5. The van der Waals surface area contributed by atoms with Gasteiger partial charge in [-0.1, -0.05) is 31.0 Å². The van der Waals surface area contributed by atoms with Crippen LogP contribution in [0, 0.1) is 5.92 Å². The number of aromatic amines is 1. The Hall–Kier alpha value is -1.77. The number of hydrogen-bond donors (Lipinski definition) is 2. The molecule has 1 aromatic heterocycles. The van der Waals surface area contributed by atoms with Gasteiger partial charge in [-0.25, -0.2) is 0 Å². The number of amides is 1. The van der Waals surface area contributed by atoms with Crippen molar-refractivity contribution < 1.29 is 4.79 Å². The lowest BCUT2D eigenvalue weighted by atomic mass is 10.1. The van der Waals surface area contributed by atoms with Crippen LogP contribution in [-0.2, 0) is 11.2 Å². The molecule has 18 heavy (non-hydrogen) atoms. The Morgan fingerprint density at radius 2 is 2.17 bits per heavy atom. The van der Waals surface area contributed by atoms with Crippen molar-refractivity contribution in [2.45, 2.75) is 25.7 Å². The van der Waals surface area contributed by atoms with Crippen molar-refractivity contribution in [3.8, 4) is 0 Å². The number of carbonyl (C=O) groups excluding carboxylic acids is 1. The van der Waals surface area contributed by atoms with E-state index in [0.29, 0.717) is 6.42 Å². The molecule has 94 valence electrons. The fourth-order valence-corrected chi connectivity index (χ4v) is 2.34. The first-order valence-electron chi connectivity index (χ1n) is 6.64. The van der Waals surface area contributed by atoms with E-state index in [2.05, 4.69) is 16.4 Å². The van der Waals surface area contributed by atoms with Crippen LogP contribution in [0.2, 0.25) is 0 Å². The standard InChI is InChI=1S/C15H18N2O/c18-15(16-8-7-11-5-6-11)9-12-10-17-14-4-2-1-3-13(12)14/h1-4,10-11,17H,5-9H2,(H,16,18). The van der Waals surface area contributed by atoms with Crippen molar-refractivity contribution in [2.75, 3.05) is 6.54 Å². The number of para-hydroxylation sites is 1. The first-order valence-corrected chi connectivity index (χ1v) is 6.64. The van der Waals surface area contributed by atoms with Crippen LogP contribution in [0.15, 0.2) is 30.5 Å². The summed E-state index contributed by atoms with van der Waals surface area (Å²) in [5.41, 5.74) is 2.17. The Kier molecular flexibility index (Phi) is 3.05. The van der Waals surface area contributed by atoms with E-state index in [1.165, 1.54) is 12.8 Å². The lowest BCUT2D eigenvalue weighted by Crippen LogP contribution is -2.26. The second-order valence-electron chi connectivity index (χ2n) is 5.12. The van der Waals surface area contributed by atoms with Gasteiger partial charge in [0.1, 0.15) is 0 Å². The number of nitrogens with one attached hydrogen (secondary N) is 2. The number of benzene rings is 1. The van der Waals surface area contributed by atoms with E-state index < -0.39 is 0 Å². The third-order valence-corrected chi connectivity index (χ3v) is 3.60. The molecular weight excluding hydrogens is 224 g/mol. The third-order valence-electron chi connectivity index (χ3n) is 3.60. The van der Waals surface area contributed by atoms with Crippen LogP contribution >= 0.6 is 0 Å². The van der Waals surface area contributed by atoms with Crippen LogP contribution in [0.1, 0.15) is 24.8 Å². The lowest BCUT2D eigenvalue weighted by Gasteiger charge is -2.03. The second-order valence-corrected chi connectivity index (χ2v) is 5.12. The predicted molar refractivity (Wildman–Crippen MR) is 72.4 cm³/mol. The number of fused-ring (bicyclic) bond motifs is 1. The van der Waals surface area contributed by atoms with Crippen LogP contribution in [0.5, 0.6) is 0 Å². The van der Waals surface area contributed by atoms with Crippen molar-refractivity contribution in [1.82, 2.24) is 10.3 Å². The van der Waals surface area contributed by atoms with Crippen LogP contribution in [0.25, 0.3) is 10.9 Å². The molecule has 2 N–H and O–H groups in total. The Labute approximate surface area is 107 Å². The molecule has 2 aromatic rings. The highest BCUT2D eigenvalue weighted by Gasteiger charge is 2.20. The molecule has 1 aromatic carbocycles. The van der Waals surface area contributed by atoms with E-state index >= 15 is 0 Å². The minimum Gasteiger partial charge on any atom is -0.361 e. The Morgan fingerprint density at radius 3 is 3.00 bits per heavy atom. The van der Waals surface area contributed by atoms with E-state index in [1.807, 2.05) is 24.4 Å². The number of hydrogen-bond acceptors (Lipinski definition) is 1. The summed E-state index contributed by atoms with van der Waals surface area (Å²) < 4.78 is 0. The molecule has 3 heteroatoms. The lowest BCUT2D eigenvalue weighted by molar-refractivity contribution is -0.120. The quantitative estimate of drug-likeness (QED) is 0.831. The summed E-state index contributed by atoms with van der Waals surface area (Å²) in [6.07, 6.45) is 6.23. The molecule has 0 bridgehead atoms. The number of H-pyrrole nitrogens is 1. The SMILES string of the molecule is O=C(Cc1c[nH]c2ccccc12)NCCC1CC1. The smallest absolute Gasteiger partial charge is 0.224 e. The molecule has 0 unspecified atom stereocenters. The van der Waals surface area contributed by atoms with Gasteiger partial charge in [0.15, 0.2) is 0 Å². The average Bonchev–Trinajstić information content (AvgIpc) is 3.11. The molecule has 1 aliphatic carbocycles. The number of carbonyl (C=O) groups is 1. The normalized spacial score (nSPS) is 14.9. The van der Waals surface area contributed by atoms with Crippen LogP contribution in [-0.4, -0.2) is 17.4 Å². The molecule has 0 saturated heterocycles. The topological polar surface area (TPSA) is 44.9 Å². The van der Waals surface area contributed by atoms with Gasteiger partial charge in [0.25, 0.3) is 0 Å². The zero-order chi connectivity index (χ0) is 12.4. The summed E-state index contributed by atoms with van der Waals surface area (Å²) in [6, 6.07) is 8.09. The Bertz CT molecular complexity index is 554. The highest BCUT2D eigenvalue weighted by atomic mass is 16.1. The van der Waals surface area contributed by atoms with Gasteiger partial charge < -0.3 is 10.3 Å². The molecule has 0 radical (unpaired) electrons. The minimum atomic E-state index is 0.125. The van der Waals surface area contributed by atoms with Crippen molar-refractivity contribution in [2.24, 2.45) is 5.92 Å². The molecule has 1 fully saturated rings. The molecular formula is C15H18N2O. The first-order chi connectivity index (χ1) is 8.83. The molecule has 0 spiro atoms. The van der Waals surface area contributed by atoms with E-state index in [0.717, 1.165) is 35.3 Å². The van der Waals surface area contributed by atoms with Crippen LogP contribution in [0.3, 0.4) is 0 Å². The fourth-order valence-electron chi connectivity index (χ4n) is 2.34. The molecule has 0 atom stereocenters. The average molecular weight is 242 g/mol. The van der Waals surface area contributed by atoms with Crippen molar-refractivity contribution in [3.63, 3.8) is 0 Å². The summed E-state index contributed by atoms with van der Waals surface area (Å²) in [5.74, 6) is 0.999. The molecule has 0 aliphatic heterocycles. The zero-order valence-corrected chi connectivity index (χ0v) is 10.4. The van der Waals surface area contributed by atoms with Gasteiger partial charge in [-0.15, -0.1) is 0 Å². The maximum atomic E-state index is 11.8. The Balaban J connectivity index is 1.59. The second kappa shape index (κ2) is 4.84. The number of aromatic nitrogens is 1. The molecule has 1 aliphatic rings. The van der Waals surface area contributed by atoms with Gasteiger partial charge in [0, 0.05) is 23.6 Å². The molecule has 1 saturated carbocycles. The van der Waals surface area contributed by atoms with Crippen molar-refractivity contribution >= 4 is 16.8 Å². The summed E-state index contributed by atoms with van der Waals surface area (Å²) in [6.45, 7) is 0.825. The maximum Gasteiger partial charge on any atom is 0.224 e. The zero-order valence-electron chi connectivity index (χ0n) is 10.4. The molecule has 1 heterocycles. The van der Waals surface area contributed by atoms with Crippen molar-refractivity contribution in [1.29, 1.82) is 0 Å². The summed E-state index contributed by atoms with van der Waals surface area (Å²) in [4.78, 5) is 15.0. The van der Waals surface area contributed by atoms with E-state index in [1.54, 1.807) is 0 Å². The highest BCUT2D eigenvalue weighted by Crippen LogP contribution is 2.31. The molecule has 1 amide bonds. The van der Waals surface area contributed by atoms with Gasteiger partial charge in [-0.2, -0.15) is 0 Å². The minimum absolute atomic E-state index is 0.125. The Morgan fingerprint density at radius 1 is 1.33 bits per heavy atom. The predicted octanol–water partition coefficient (Wildman–Crippen LogP) is 2.63. The highest BCUT2D eigenvalue weighted by molar-refractivity contribution is 5.88. The summed E-state index contributed by atoms with van der Waals surface area (Å²) in [7, 11) is 0. The van der Waals surface area contributed by atoms with E-state index in [4.69, 9.17) is 0 Å². The summed E-state index contributed by atoms with van der Waals surface area (Å²) >= 11 is 0. The van der Waals surface area contributed by atoms with E-state index in [-0.39, 0.29) is 5.91 Å². The largest absolute Gasteiger partial charge is 0.361 e. The van der Waals surface area contributed by atoms with Gasteiger partial charge in [0.2, 0.25) is 5.91 Å². The molecule has 3 nitrogen and oxygen atoms in total. The van der Waals surface area contributed by atoms with Gasteiger partial charge >= 0.3 is 0 Å². The van der Waals surface area contributed by atoms with Crippen LogP contribution < -0.4 is 5.32 Å². The monoisotopic (exact) mass is 242 g/mol. The van der Waals surface area contributed by atoms with Gasteiger partial charge in [0.05, 0.1) is 6.42 Å². The van der Waals surface area contributed by atoms with Crippen LogP contribution in [0.4, 0.5) is 0 Å². The third kappa shape index (κ3) is 2.55. The molecule has 3 rings (SSSR count). The van der Waals surface area contributed by atoms with E-state index in [9.17, 15) is 4.79 Å². The van der Waals surface area contributed by atoms with Gasteiger partial charge in [-0.05, 0) is 24.0 Å². The van der Waals surface area contributed by atoms with Gasteiger partial charge in [-0.3, -0.25) is 4.79 Å². The summed E-state index contributed by atoms with van der Waals surface area (Å²) in [5, 5.41) is 4.15. The van der Waals surface area contributed by atoms with Crippen molar-refractivity contribution in [3.05, 3.63) is 36.0 Å². The maximum absolute atomic E-state index is 11.8. The fraction of sp³-hybridized carbons (Fsp3) is 0.400. The first kappa shape index (κ1) is 11.3.